The van der Waals surface area contributed by atoms with Crippen molar-refractivity contribution in [3.05, 3.63) is 35.4 Å². The molecular weight excluding hydrogens is 240 g/mol. The van der Waals surface area contributed by atoms with Crippen molar-refractivity contribution in [3.8, 4) is 0 Å². The molecule has 3 heterocycles. The average Bonchev–Trinajstić information content (AvgIpc) is 2.73. The van der Waals surface area contributed by atoms with E-state index in [1.807, 2.05) is 36.3 Å². The largest absolute Gasteiger partial charge is 0.302 e. The van der Waals surface area contributed by atoms with Crippen LogP contribution in [0.4, 0.5) is 0 Å². The predicted molar refractivity (Wildman–Crippen MR) is 69.5 cm³/mol. The first-order valence-corrected chi connectivity index (χ1v) is 7.08. The van der Waals surface area contributed by atoms with Crippen LogP contribution < -0.4 is 0 Å². The first-order chi connectivity index (χ1) is 7.84. The van der Waals surface area contributed by atoms with Gasteiger partial charge in [0.25, 0.3) is 0 Å². The Balaban J connectivity index is 2.05. The summed E-state index contributed by atoms with van der Waals surface area (Å²) in [6.07, 6.45) is 6.45. The fraction of sp³-hybridized carbons (Fsp3) is 0.417. The van der Waals surface area contributed by atoms with Crippen LogP contribution in [0.25, 0.3) is 5.52 Å². The van der Waals surface area contributed by atoms with Crippen molar-refractivity contribution in [1.82, 2.24) is 9.38 Å². The van der Waals surface area contributed by atoms with Crippen molar-refractivity contribution in [2.75, 3.05) is 11.5 Å². The summed E-state index contributed by atoms with van der Waals surface area (Å²) in [5.41, 5.74) is 1.13. The van der Waals surface area contributed by atoms with Crippen LogP contribution in [-0.4, -0.2) is 20.9 Å². The van der Waals surface area contributed by atoms with Gasteiger partial charge in [0.05, 0.1) is 16.7 Å². The molecule has 2 aromatic heterocycles. The van der Waals surface area contributed by atoms with Gasteiger partial charge < -0.3 is 4.40 Å². The Bertz CT molecular complexity index is 503. The number of hydrogen-bond donors (Lipinski definition) is 0. The van der Waals surface area contributed by atoms with E-state index in [1.165, 1.54) is 30.2 Å². The highest BCUT2D eigenvalue weighted by Gasteiger charge is 2.20. The molecule has 0 N–H and O–H groups in total. The van der Waals surface area contributed by atoms with Gasteiger partial charge in [0.1, 0.15) is 5.82 Å². The minimum Gasteiger partial charge on any atom is -0.302 e. The van der Waals surface area contributed by atoms with E-state index in [0.717, 1.165) is 10.5 Å². The van der Waals surface area contributed by atoms with E-state index < -0.39 is 0 Å². The molecule has 1 saturated heterocycles. The minimum absolute atomic E-state index is 0.583. The summed E-state index contributed by atoms with van der Waals surface area (Å²) >= 11 is 8.06. The number of pyridine rings is 1. The Labute approximate surface area is 104 Å². The number of imidazole rings is 1. The van der Waals surface area contributed by atoms with Crippen LogP contribution in [-0.2, 0) is 0 Å². The molecule has 0 spiro atoms. The number of fused-ring (bicyclic) bond motifs is 1. The number of nitrogens with zero attached hydrogens (tertiary/aromatic N) is 2. The normalized spacial score (nSPS) is 21.4. The molecule has 0 aliphatic carbocycles. The number of thioether (sulfide) groups is 1. The van der Waals surface area contributed by atoms with Gasteiger partial charge in [0.2, 0.25) is 0 Å². The molecule has 2 aromatic rings. The second-order valence-corrected chi connectivity index (χ2v) is 5.76. The second kappa shape index (κ2) is 4.30. The summed E-state index contributed by atoms with van der Waals surface area (Å²) < 4.78 is 2.14. The highest BCUT2D eigenvalue weighted by Crippen LogP contribution is 2.31. The van der Waals surface area contributed by atoms with Crippen molar-refractivity contribution >= 4 is 28.9 Å². The first kappa shape index (κ1) is 10.5. The van der Waals surface area contributed by atoms with Gasteiger partial charge in [0.15, 0.2) is 0 Å². The topological polar surface area (TPSA) is 17.3 Å². The number of hydrogen-bond acceptors (Lipinski definition) is 2. The third-order valence-corrected chi connectivity index (χ3v) is 4.48. The van der Waals surface area contributed by atoms with E-state index in [4.69, 9.17) is 11.6 Å². The molecule has 4 heteroatoms. The highest BCUT2D eigenvalue weighted by molar-refractivity contribution is 7.99. The molecule has 0 amide bonds. The third-order valence-electron chi connectivity index (χ3n) is 3.05. The lowest BCUT2D eigenvalue weighted by atomic mass is 10.1. The predicted octanol–water partition coefficient (Wildman–Crippen LogP) is 3.60. The van der Waals surface area contributed by atoms with Crippen molar-refractivity contribution in [3.63, 3.8) is 0 Å². The number of aromatic nitrogens is 2. The van der Waals surface area contributed by atoms with Crippen LogP contribution >= 0.6 is 23.4 Å². The first-order valence-electron chi connectivity index (χ1n) is 5.55. The van der Waals surface area contributed by atoms with Crippen molar-refractivity contribution in [1.29, 1.82) is 0 Å². The standard InChI is InChI=1S/C12H13ClN2S/c13-10-3-4-11-6-14-12(15(11)7-10)9-2-1-5-16-8-9/h3-4,6-7,9H,1-2,5,8H2. The van der Waals surface area contributed by atoms with Crippen LogP contribution in [0.2, 0.25) is 5.02 Å². The monoisotopic (exact) mass is 252 g/mol. The van der Waals surface area contributed by atoms with Gasteiger partial charge in [-0.2, -0.15) is 11.8 Å². The fourth-order valence-electron chi connectivity index (χ4n) is 2.23. The van der Waals surface area contributed by atoms with Crippen LogP contribution in [0.15, 0.2) is 24.5 Å². The maximum Gasteiger partial charge on any atom is 0.117 e. The fourth-order valence-corrected chi connectivity index (χ4v) is 3.53. The molecule has 0 saturated carbocycles. The number of halogens is 1. The highest BCUT2D eigenvalue weighted by atomic mass is 35.5. The van der Waals surface area contributed by atoms with Gasteiger partial charge in [-0.05, 0) is 30.7 Å². The molecule has 1 aliphatic heterocycles. The molecule has 1 unspecified atom stereocenters. The summed E-state index contributed by atoms with van der Waals surface area (Å²) in [5, 5.41) is 0.773. The molecule has 0 radical (unpaired) electrons. The van der Waals surface area contributed by atoms with Gasteiger partial charge in [-0.25, -0.2) is 4.98 Å². The molecule has 84 valence electrons. The van der Waals surface area contributed by atoms with Crippen LogP contribution in [0.1, 0.15) is 24.6 Å². The summed E-state index contributed by atoms with van der Waals surface area (Å²) in [4.78, 5) is 4.55. The van der Waals surface area contributed by atoms with E-state index in [-0.39, 0.29) is 0 Å². The van der Waals surface area contributed by atoms with Gasteiger partial charge in [0, 0.05) is 17.9 Å². The molecule has 2 nitrogen and oxygen atoms in total. The molecular formula is C12H13ClN2S. The molecule has 1 aliphatic rings. The second-order valence-electron chi connectivity index (χ2n) is 4.17. The number of rotatable bonds is 1. The van der Waals surface area contributed by atoms with E-state index in [2.05, 4.69) is 9.38 Å². The molecule has 1 atom stereocenters. The molecule has 0 aromatic carbocycles. The average molecular weight is 253 g/mol. The SMILES string of the molecule is Clc1ccc2cnc(C3CCCSC3)n2c1. The summed E-state index contributed by atoms with van der Waals surface area (Å²) in [6.45, 7) is 0. The maximum absolute atomic E-state index is 6.03. The van der Waals surface area contributed by atoms with Crippen LogP contribution in [0.5, 0.6) is 0 Å². The molecule has 1 fully saturated rings. The van der Waals surface area contributed by atoms with Crippen molar-refractivity contribution in [2.24, 2.45) is 0 Å². The van der Waals surface area contributed by atoms with Gasteiger partial charge in [-0.15, -0.1) is 0 Å². The van der Waals surface area contributed by atoms with E-state index >= 15 is 0 Å². The van der Waals surface area contributed by atoms with Gasteiger partial charge in [-0.3, -0.25) is 0 Å². The zero-order chi connectivity index (χ0) is 11.0. The Morgan fingerprint density at radius 3 is 3.19 bits per heavy atom. The van der Waals surface area contributed by atoms with Gasteiger partial charge >= 0.3 is 0 Å². The zero-order valence-electron chi connectivity index (χ0n) is 8.90. The Kier molecular flexibility index (Phi) is 2.82. The molecule has 0 bridgehead atoms. The smallest absolute Gasteiger partial charge is 0.117 e. The van der Waals surface area contributed by atoms with Crippen molar-refractivity contribution in [2.45, 2.75) is 18.8 Å². The lowest BCUT2D eigenvalue weighted by molar-refractivity contribution is 0.621. The summed E-state index contributed by atoms with van der Waals surface area (Å²) in [7, 11) is 0. The maximum atomic E-state index is 6.03. The quantitative estimate of drug-likeness (QED) is 0.772. The minimum atomic E-state index is 0.583. The molecule has 16 heavy (non-hydrogen) atoms. The van der Waals surface area contributed by atoms with E-state index in [0.29, 0.717) is 5.92 Å². The zero-order valence-corrected chi connectivity index (χ0v) is 10.5. The third kappa shape index (κ3) is 1.82. The lowest BCUT2D eigenvalue weighted by Crippen LogP contribution is -2.12. The van der Waals surface area contributed by atoms with Gasteiger partial charge in [-0.1, -0.05) is 11.6 Å². The van der Waals surface area contributed by atoms with E-state index in [9.17, 15) is 0 Å². The Morgan fingerprint density at radius 2 is 2.38 bits per heavy atom. The van der Waals surface area contributed by atoms with Crippen molar-refractivity contribution < 1.29 is 0 Å². The van der Waals surface area contributed by atoms with Crippen LogP contribution in [0.3, 0.4) is 0 Å². The lowest BCUT2D eigenvalue weighted by Gasteiger charge is -2.20. The van der Waals surface area contributed by atoms with E-state index in [1.54, 1.807) is 0 Å². The Hall–Kier alpha value is -0.670. The summed E-state index contributed by atoms with van der Waals surface area (Å²) in [5.74, 6) is 4.23. The van der Waals surface area contributed by atoms with Crippen LogP contribution in [0, 0.1) is 0 Å². The summed E-state index contributed by atoms with van der Waals surface area (Å²) in [6, 6.07) is 3.94. The Morgan fingerprint density at radius 1 is 1.44 bits per heavy atom. The molecule has 3 rings (SSSR count).